The summed E-state index contributed by atoms with van der Waals surface area (Å²) in [6.07, 6.45) is 0. The average molecular weight is 392 g/mol. The predicted octanol–water partition coefficient (Wildman–Crippen LogP) is 3.58. The molecule has 1 atom stereocenters. The number of nitrogens with one attached hydrogen (secondary N) is 2. The Kier molecular flexibility index (Phi) is 5.52. The first-order valence-corrected chi connectivity index (χ1v) is 10.2. The molecule has 0 spiro atoms. The van der Waals surface area contributed by atoms with Gasteiger partial charge in [0.05, 0.1) is 24.2 Å². The number of rotatable bonds is 5. The van der Waals surface area contributed by atoms with Crippen molar-refractivity contribution in [2.24, 2.45) is 5.92 Å². The summed E-state index contributed by atoms with van der Waals surface area (Å²) in [7, 11) is 1.34. The maximum absolute atomic E-state index is 12.9. The number of hydrogen-bond acceptors (Lipinski definition) is 7. The zero-order valence-corrected chi connectivity index (χ0v) is 16.7. The van der Waals surface area contributed by atoms with E-state index in [4.69, 9.17) is 4.74 Å². The van der Waals surface area contributed by atoms with Crippen LogP contribution in [0.3, 0.4) is 0 Å². The van der Waals surface area contributed by atoms with Gasteiger partial charge in [-0.3, -0.25) is 4.79 Å². The number of H-pyrrole nitrogens is 1. The van der Waals surface area contributed by atoms with Crippen LogP contribution >= 0.6 is 23.1 Å². The number of thioether (sulfide) groups is 1. The van der Waals surface area contributed by atoms with Crippen molar-refractivity contribution in [3.8, 4) is 0 Å². The zero-order valence-electron chi connectivity index (χ0n) is 15.1. The highest BCUT2D eigenvalue weighted by molar-refractivity contribution is 7.99. The molecule has 8 heteroatoms. The van der Waals surface area contributed by atoms with Crippen molar-refractivity contribution in [3.05, 3.63) is 49.6 Å². The number of nitrogens with zero attached hydrogens (tertiary/aromatic N) is 1. The monoisotopic (exact) mass is 391 g/mol. The van der Waals surface area contributed by atoms with Crippen LogP contribution < -0.4 is 10.9 Å². The summed E-state index contributed by atoms with van der Waals surface area (Å²) in [5.74, 6) is 0.915. The number of esters is 1. The molecule has 0 bridgehead atoms. The van der Waals surface area contributed by atoms with Gasteiger partial charge in [-0.25, -0.2) is 9.78 Å². The third kappa shape index (κ3) is 3.57. The number of allylic oxidation sites excluding steroid dienone is 1. The van der Waals surface area contributed by atoms with Crippen molar-refractivity contribution in [2.75, 3.05) is 18.2 Å². The molecule has 0 saturated carbocycles. The fraction of sp³-hybridized carbons (Fsp3) is 0.389. The third-order valence-electron chi connectivity index (χ3n) is 4.01. The van der Waals surface area contributed by atoms with Gasteiger partial charge < -0.3 is 15.0 Å². The van der Waals surface area contributed by atoms with E-state index in [0.29, 0.717) is 33.7 Å². The van der Waals surface area contributed by atoms with Gasteiger partial charge in [0.15, 0.2) is 5.16 Å². The zero-order chi connectivity index (χ0) is 18.8. The summed E-state index contributed by atoms with van der Waals surface area (Å²) in [6, 6.07) is 3.82. The van der Waals surface area contributed by atoms with Gasteiger partial charge in [0.1, 0.15) is 5.82 Å². The Morgan fingerprint density at radius 3 is 2.85 bits per heavy atom. The second kappa shape index (κ2) is 7.67. The topological polar surface area (TPSA) is 84.1 Å². The smallest absolute Gasteiger partial charge is 0.336 e. The highest BCUT2D eigenvalue weighted by Crippen LogP contribution is 2.41. The minimum Gasteiger partial charge on any atom is -0.466 e. The molecule has 1 aliphatic heterocycles. The van der Waals surface area contributed by atoms with Gasteiger partial charge in [0, 0.05) is 16.3 Å². The lowest BCUT2D eigenvalue weighted by molar-refractivity contribution is -0.136. The Morgan fingerprint density at radius 2 is 2.23 bits per heavy atom. The van der Waals surface area contributed by atoms with Crippen molar-refractivity contribution in [3.63, 3.8) is 0 Å². The molecule has 1 aliphatic rings. The van der Waals surface area contributed by atoms with E-state index >= 15 is 0 Å². The fourth-order valence-electron chi connectivity index (χ4n) is 2.87. The Balaban J connectivity index is 2.13. The summed E-state index contributed by atoms with van der Waals surface area (Å²) >= 11 is 3.01. The number of carbonyl (C=O) groups excluding carboxylic acids is 1. The molecule has 0 radical (unpaired) electrons. The van der Waals surface area contributed by atoms with Crippen molar-refractivity contribution in [1.29, 1.82) is 0 Å². The Bertz CT molecular complexity index is 901. The highest BCUT2D eigenvalue weighted by Gasteiger charge is 2.36. The normalized spacial score (nSPS) is 16.4. The molecule has 2 aromatic rings. The number of ether oxygens (including phenoxy) is 1. The third-order valence-corrected chi connectivity index (χ3v) is 6.24. The Labute approximate surface area is 160 Å². The van der Waals surface area contributed by atoms with Gasteiger partial charge in [-0.05, 0) is 24.3 Å². The minimum atomic E-state index is -0.487. The SMILES string of the molecule is COC(=O)C1=C(C)Nc2nc(SCC(C)C)[nH]c(=O)c2[C@H]1c1cccs1. The lowest BCUT2D eigenvalue weighted by Crippen LogP contribution is -2.30. The summed E-state index contributed by atoms with van der Waals surface area (Å²) < 4.78 is 4.96. The maximum Gasteiger partial charge on any atom is 0.336 e. The van der Waals surface area contributed by atoms with E-state index in [-0.39, 0.29) is 5.56 Å². The van der Waals surface area contributed by atoms with E-state index in [1.807, 2.05) is 17.5 Å². The number of carbonyl (C=O) groups is 1. The number of methoxy groups -OCH3 is 1. The fourth-order valence-corrected chi connectivity index (χ4v) is 4.52. The van der Waals surface area contributed by atoms with Crippen LogP contribution in [0.1, 0.15) is 37.1 Å². The first kappa shape index (κ1) is 18.7. The van der Waals surface area contributed by atoms with E-state index in [1.165, 1.54) is 30.2 Å². The van der Waals surface area contributed by atoms with Crippen molar-refractivity contribution in [2.45, 2.75) is 31.8 Å². The summed E-state index contributed by atoms with van der Waals surface area (Å²) in [6.45, 7) is 6.04. The van der Waals surface area contributed by atoms with Gasteiger partial charge in [0.25, 0.3) is 5.56 Å². The summed E-state index contributed by atoms with van der Waals surface area (Å²) in [4.78, 5) is 33.6. The highest BCUT2D eigenvalue weighted by atomic mass is 32.2. The largest absolute Gasteiger partial charge is 0.466 e. The summed E-state index contributed by atoms with van der Waals surface area (Å²) in [5, 5.41) is 5.63. The van der Waals surface area contributed by atoms with Crippen LogP contribution in [0.15, 0.2) is 38.7 Å². The van der Waals surface area contributed by atoms with E-state index in [9.17, 15) is 9.59 Å². The molecule has 138 valence electrons. The van der Waals surface area contributed by atoms with Crippen LogP contribution in [0.4, 0.5) is 5.82 Å². The molecule has 26 heavy (non-hydrogen) atoms. The Morgan fingerprint density at radius 1 is 1.46 bits per heavy atom. The van der Waals surface area contributed by atoms with Crippen LogP contribution in [-0.2, 0) is 9.53 Å². The van der Waals surface area contributed by atoms with E-state index in [2.05, 4.69) is 29.1 Å². The predicted molar refractivity (Wildman–Crippen MR) is 105 cm³/mol. The molecule has 0 unspecified atom stereocenters. The number of hydrogen-bond donors (Lipinski definition) is 2. The molecule has 0 fully saturated rings. The van der Waals surface area contributed by atoms with Crippen LogP contribution in [0, 0.1) is 5.92 Å². The number of aromatic amines is 1. The molecule has 0 amide bonds. The van der Waals surface area contributed by atoms with Crippen LogP contribution in [-0.4, -0.2) is 28.8 Å². The van der Waals surface area contributed by atoms with Gasteiger partial charge in [-0.2, -0.15) is 0 Å². The second-order valence-electron chi connectivity index (χ2n) is 6.44. The van der Waals surface area contributed by atoms with Crippen LogP contribution in [0.25, 0.3) is 0 Å². The number of fused-ring (bicyclic) bond motifs is 1. The first-order valence-electron chi connectivity index (χ1n) is 8.28. The molecule has 0 saturated heterocycles. The molecule has 2 N–H and O–H groups in total. The van der Waals surface area contributed by atoms with E-state index in [0.717, 1.165) is 10.6 Å². The molecule has 6 nitrogen and oxygen atoms in total. The first-order chi connectivity index (χ1) is 12.4. The van der Waals surface area contributed by atoms with E-state index < -0.39 is 11.9 Å². The van der Waals surface area contributed by atoms with Crippen molar-refractivity contribution in [1.82, 2.24) is 9.97 Å². The molecular formula is C18H21N3O3S2. The van der Waals surface area contributed by atoms with E-state index in [1.54, 1.807) is 6.92 Å². The molecular weight excluding hydrogens is 370 g/mol. The number of anilines is 1. The molecule has 0 aliphatic carbocycles. The molecule has 3 rings (SSSR count). The maximum atomic E-state index is 12.9. The Hall–Kier alpha value is -2.06. The average Bonchev–Trinajstić information content (AvgIpc) is 3.12. The summed E-state index contributed by atoms with van der Waals surface area (Å²) in [5.41, 5.74) is 1.31. The lowest BCUT2D eigenvalue weighted by atomic mass is 9.86. The van der Waals surface area contributed by atoms with Crippen molar-refractivity contribution < 1.29 is 9.53 Å². The lowest BCUT2D eigenvalue weighted by Gasteiger charge is -2.27. The molecule has 2 aromatic heterocycles. The van der Waals surface area contributed by atoms with Crippen molar-refractivity contribution >= 4 is 34.9 Å². The molecule has 0 aromatic carbocycles. The van der Waals surface area contributed by atoms with Gasteiger partial charge in [0.2, 0.25) is 0 Å². The van der Waals surface area contributed by atoms with Gasteiger partial charge in [-0.1, -0.05) is 31.7 Å². The minimum absolute atomic E-state index is 0.235. The van der Waals surface area contributed by atoms with Crippen LogP contribution in [0.5, 0.6) is 0 Å². The standard InChI is InChI=1S/C18H21N3O3S2/c1-9(2)8-26-18-20-15-14(16(22)21-18)13(11-6-5-7-25-11)12(10(3)19-15)17(23)24-4/h5-7,9,13H,8H2,1-4H3,(H2,19,20,21,22)/t13-/m0/s1. The quantitative estimate of drug-likeness (QED) is 0.460. The molecule has 3 heterocycles. The number of thiophene rings is 1. The second-order valence-corrected chi connectivity index (χ2v) is 8.43. The van der Waals surface area contributed by atoms with Crippen LogP contribution in [0.2, 0.25) is 0 Å². The van der Waals surface area contributed by atoms with Gasteiger partial charge >= 0.3 is 5.97 Å². The van der Waals surface area contributed by atoms with Gasteiger partial charge in [-0.15, -0.1) is 11.3 Å². The number of aromatic nitrogens is 2.